The van der Waals surface area contributed by atoms with E-state index in [0.29, 0.717) is 17.9 Å². The van der Waals surface area contributed by atoms with E-state index in [1.54, 1.807) is 4.68 Å². The topological polar surface area (TPSA) is 119 Å². The molecule has 9 nitrogen and oxygen atoms in total. The fourth-order valence-corrected chi connectivity index (χ4v) is 3.64. The van der Waals surface area contributed by atoms with Crippen molar-refractivity contribution in [3.8, 4) is 11.1 Å². The number of carbonyl (C=O) groups is 2. The van der Waals surface area contributed by atoms with E-state index < -0.39 is 11.0 Å². The molecule has 2 heterocycles. The largest absolute Gasteiger partial charge is 0.326 e. The monoisotopic (exact) mass is 419 g/mol. The van der Waals surface area contributed by atoms with Gasteiger partial charge in [-0.25, -0.2) is 4.68 Å². The van der Waals surface area contributed by atoms with Crippen LogP contribution in [-0.4, -0.2) is 26.5 Å². The Balaban J connectivity index is 1.56. The number of nitro benzene ring substituents is 1. The lowest BCUT2D eigenvalue weighted by Gasteiger charge is -2.10. The number of benzene rings is 2. The maximum Gasteiger partial charge on any atom is 0.269 e. The Morgan fingerprint density at radius 1 is 1.19 bits per heavy atom. The lowest BCUT2D eigenvalue weighted by Crippen LogP contribution is -2.23. The molecule has 2 amide bonds. The first-order valence-corrected chi connectivity index (χ1v) is 9.91. The number of amides is 2. The molecule has 0 bridgehead atoms. The van der Waals surface area contributed by atoms with Crippen molar-refractivity contribution in [3.05, 3.63) is 69.9 Å². The van der Waals surface area contributed by atoms with E-state index in [-0.39, 0.29) is 23.9 Å². The number of nitrogens with one attached hydrogen (secondary N) is 2. The molecule has 158 valence electrons. The van der Waals surface area contributed by atoms with Crippen LogP contribution in [0.15, 0.2) is 48.5 Å². The van der Waals surface area contributed by atoms with Gasteiger partial charge in [0.15, 0.2) is 0 Å². The summed E-state index contributed by atoms with van der Waals surface area (Å²) in [5.74, 6) is -0.0801. The molecule has 0 saturated heterocycles. The Kier molecular flexibility index (Phi) is 5.24. The third-order valence-corrected chi connectivity index (χ3v) is 5.24. The average Bonchev–Trinajstić information content (AvgIpc) is 3.24. The summed E-state index contributed by atoms with van der Waals surface area (Å²) in [5.41, 5.74) is 4.17. The minimum absolute atomic E-state index is 0.0647. The quantitative estimate of drug-likeness (QED) is 0.465. The smallest absolute Gasteiger partial charge is 0.269 e. The molecule has 31 heavy (non-hydrogen) atoms. The van der Waals surface area contributed by atoms with E-state index in [4.69, 9.17) is 0 Å². The van der Waals surface area contributed by atoms with Crippen molar-refractivity contribution in [2.75, 3.05) is 10.6 Å². The summed E-state index contributed by atoms with van der Waals surface area (Å²) in [6, 6.07) is 12.8. The van der Waals surface area contributed by atoms with E-state index in [1.165, 1.54) is 24.3 Å². The molecule has 2 N–H and O–H groups in total. The van der Waals surface area contributed by atoms with E-state index in [0.717, 1.165) is 22.4 Å². The minimum atomic E-state index is -0.766. The lowest BCUT2D eigenvalue weighted by atomic mass is 10.0. The molecular weight excluding hydrogens is 398 g/mol. The first kappa shape index (κ1) is 20.3. The van der Waals surface area contributed by atoms with Gasteiger partial charge in [0.2, 0.25) is 5.91 Å². The third kappa shape index (κ3) is 3.89. The highest BCUT2D eigenvalue weighted by molar-refractivity contribution is 6.04. The SMILES string of the molecule is CCc1nn2c(c1-c1ccc(C)cc1)NC(=O)C2CC(=O)Nc1ccc([N+](=O)[O-])cc1. The van der Waals surface area contributed by atoms with Crippen LogP contribution < -0.4 is 10.6 Å². The molecule has 1 aliphatic heterocycles. The van der Waals surface area contributed by atoms with E-state index in [9.17, 15) is 19.7 Å². The van der Waals surface area contributed by atoms with Gasteiger partial charge >= 0.3 is 0 Å². The fourth-order valence-electron chi connectivity index (χ4n) is 3.64. The van der Waals surface area contributed by atoms with Gasteiger partial charge in [-0.2, -0.15) is 5.10 Å². The normalized spacial score (nSPS) is 14.8. The standard InChI is InChI=1S/C22H21N5O4/c1-3-17-20(14-6-4-13(2)5-7-14)21-24-22(29)18(26(21)25-17)12-19(28)23-15-8-10-16(11-9-15)27(30)31/h4-11,18H,3,12H2,1-2H3,(H,23,28)(H,24,29). The number of non-ortho nitro benzene ring substituents is 1. The van der Waals surface area contributed by atoms with Crippen molar-refractivity contribution >= 4 is 29.0 Å². The molecule has 0 aliphatic carbocycles. The molecule has 9 heteroatoms. The van der Waals surface area contributed by atoms with Crippen molar-refractivity contribution in [2.24, 2.45) is 0 Å². The van der Waals surface area contributed by atoms with Crippen molar-refractivity contribution in [1.29, 1.82) is 0 Å². The zero-order valence-corrected chi connectivity index (χ0v) is 17.1. The van der Waals surface area contributed by atoms with Gasteiger partial charge in [-0.05, 0) is 31.0 Å². The first-order chi connectivity index (χ1) is 14.9. The molecule has 1 aliphatic rings. The lowest BCUT2D eigenvalue weighted by molar-refractivity contribution is -0.384. The Bertz CT molecular complexity index is 1170. The number of aryl methyl sites for hydroxylation is 2. The summed E-state index contributed by atoms with van der Waals surface area (Å²) >= 11 is 0. The van der Waals surface area contributed by atoms with Crippen LogP contribution in [0.5, 0.6) is 0 Å². The number of anilines is 2. The number of aromatic nitrogens is 2. The van der Waals surface area contributed by atoms with Crippen LogP contribution in [0.2, 0.25) is 0 Å². The van der Waals surface area contributed by atoms with Crippen LogP contribution in [-0.2, 0) is 16.0 Å². The van der Waals surface area contributed by atoms with Gasteiger partial charge in [-0.1, -0.05) is 36.8 Å². The summed E-state index contributed by atoms with van der Waals surface area (Å²) in [6.45, 7) is 4.00. The fraction of sp³-hybridized carbons (Fsp3) is 0.227. The van der Waals surface area contributed by atoms with E-state index in [1.807, 2.05) is 38.1 Å². The Labute approximate surface area is 178 Å². The van der Waals surface area contributed by atoms with Gasteiger partial charge in [-0.15, -0.1) is 0 Å². The van der Waals surface area contributed by atoms with Crippen molar-refractivity contribution in [2.45, 2.75) is 32.7 Å². The number of hydrogen-bond donors (Lipinski definition) is 2. The zero-order valence-electron chi connectivity index (χ0n) is 17.1. The molecule has 1 unspecified atom stereocenters. The summed E-state index contributed by atoms with van der Waals surface area (Å²) in [4.78, 5) is 35.4. The number of nitro groups is 1. The van der Waals surface area contributed by atoms with E-state index >= 15 is 0 Å². The molecule has 3 aromatic rings. The van der Waals surface area contributed by atoms with Gasteiger partial charge in [-0.3, -0.25) is 19.7 Å². The second-order valence-electron chi connectivity index (χ2n) is 7.40. The van der Waals surface area contributed by atoms with Gasteiger partial charge in [0.25, 0.3) is 11.6 Å². The molecule has 0 fully saturated rings. The average molecular weight is 419 g/mol. The predicted octanol–water partition coefficient (Wildman–Crippen LogP) is 3.85. The van der Waals surface area contributed by atoms with Crippen molar-refractivity contribution in [1.82, 2.24) is 9.78 Å². The van der Waals surface area contributed by atoms with Crippen molar-refractivity contribution < 1.29 is 14.5 Å². The molecule has 1 atom stereocenters. The van der Waals surface area contributed by atoms with Gasteiger partial charge in [0, 0.05) is 23.4 Å². The maximum atomic E-state index is 12.6. The van der Waals surface area contributed by atoms with Gasteiger partial charge in [0.1, 0.15) is 11.9 Å². The van der Waals surface area contributed by atoms with Crippen LogP contribution in [0.4, 0.5) is 17.2 Å². The highest BCUT2D eigenvalue weighted by atomic mass is 16.6. The summed E-state index contributed by atoms with van der Waals surface area (Å²) in [6.07, 6.45) is 0.578. The summed E-state index contributed by atoms with van der Waals surface area (Å²) < 4.78 is 1.59. The van der Waals surface area contributed by atoms with Crippen LogP contribution in [0.3, 0.4) is 0 Å². The van der Waals surface area contributed by atoms with Gasteiger partial charge < -0.3 is 10.6 Å². The third-order valence-electron chi connectivity index (χ3n) is 5.24. The highest BCUT2D eigenvalue weighted by Gasteiger charge is 2.36. The molecule has 0 radical (unpaired) electrons. The second kappa shape index (κ2) is 8.02. The number of fused-ring (bicyclic) bond motifs is 1. The summed E-state index contributed by atoms with van der Waals surface area (Å²) in [7, 11) is 0. The predicted molar refractivity (Wildman–Crippen MR) is 116 cm³/mol. The zero-order chi connectivity index (χ0) is 22.1. The molecular formula is C22H21N5O4. The second-order valence-corrected chi connectivity index (χ2v) is 7.40. The maximum absolute atomic E-state index is 12.6. The number of hydrogen-bond acceptors (Lipinski definition) is 5. The summed E-state index contributed by atoms with van der Waals surface area (Å²) in [5, 5.41) is 20.9. The Morgan fingerprint density at radius 3 is 2.48 bits per heavy atom. The number of nitrogens with zero attached hydrogens (tertiary/aromatic N) is 3. The molecule has 0 spiro atoms. The van der Waals surface area contributed by atoms with Gasteiger partial charge in [0.05, 0.1) is 17.0 Å². The van der Waals surface area contributed by atoms with Crippen LogP contribution in [0, 0.1) is 17.0 Å². The molecule has 0 saturated carbocycles. The van der Waals surface area contributed by atoms with Crippen LogP contribution in [0.1, 0.15) is 30.6 Å². The Morgan fingerprint density at radius 2 is 1.87 bits per heavy atom. The van der Waals surface area contributed by atoms with Crippen LogP contribution in [0.25, 0.3) is 11.1 Å². The van der Waals surface area contributed by atoms with Crippen molar-refractivity contribution in [3.63, 3.8) is 0 Å². The molecule has 2 aromatic carbocycles. The minimum Gasteiger partial charge on any atom is -0.326 e. The van der Waals surface area contributed by atoms with E-state index in [2.05, 4.69) is 15.7 Å². The highest BCUT2D eigenvalue weighted by Crippen LogP contribution is 2.38. The number of rotatable bonds is 6. The molecule has 4 rings (SSSR count). The Hall–Kier alpha value is -4.01. The van der Waals surface area contributed by atoms with Crippen LogP contribution >= 0.6 is 0 Å². The number of carbonyl (C=O) groups excluding carboxylic acids is 2. The first-order valence-electron chi connectivity index (χ1n) is 9.91. The molecule has 1 aromatic heterocycles.